The van der Waals surface area contributed by atoms with Gasteiger partial charge < -0.3 is 15.4 Å². The lowest BCUT2D eigenvalue weighted by Gasteiger charge is -2.25. The average Bonchev–Trinajstić information content (AvgIpc) is 3.18. The first-order valence-electron chi connectivity index (χ1n) is 10.2. The van der Waals surface area contributed by atoms with E-state index in [4.69, 9.17) is 15.9 Å². The number of aryl methyl sites for hydroxylation is 2. The quantitative estimate of drug-likeness (QED) is 0.341. The SMILES string of the molecule is N=C(N)N(Cc1cccc(Oc2ccccc2)c1)c1ccc2c3c(cccc13)CC2. The first-order valence-corrected chi connectivity index (χ1v) is 10.2. The molecule has 1 aliphatic carbocycles. The Kier molecular flexibility index (Phi) is 4.60. The van der Waals surface area contributed by atoms with Gasteiger partial charge in [0.15, 0.2) is 5.96 Å². The molecule has 4 heteroatoms. The van der Waals surface area contributed by atoms with Gasteiger partial charge in [-0.3, -0.25) is 5.41 Å². The van der Waals surface area contributed by atoms with E-state index in [2.05, 4.69) is 30.3 Å². The van der Waals surface area contributed by atoms with Gasteiger partial charge >= 0.3 is 0 Å². The summed E-state index contributed by atoms with van der Waals surface area (Å²) in [5.41, 5.74) is 10.8. The fourth-order valence-electron chi connectivity index (χ4n) is 4.28. The van der Waals surface area contributed by atoms with Crippen molar-refractivity contribution < 1.29 is 4.74 Å². The van der Waals surface area contributed by atoms with Crippen molar-refractivity contribution in [1.82, 2.24) is 0 Å². The minimum Gasteiger partial charge on any atom is -0.457 e. The number of para-hydroxylation sites is 1. The van der Waals surface area contributed by atoms with Gasteiger partial charge in [-0.2, -0.15) is 0 Å². The van der Waals surface area contributed by atoms with E-state index in [9.17, 15) is 0 Å². The van der Waals surface area contributed by atoms with Crippen molar-refractivity contribution in [2.24, 2.45) is 5.73 Å². The van der Waals surface area contributed by atoms with Crippen LogP contribution in [0.2, 0.25) is 0 Å². The van der Waals surface area contributed by atoms with E-state index < -0.39 is 0 Å². The molecule has 30 heavy (non-hydrogen) atoms. The maximum atomic E-state index is 8.24. The molecule has 0 saturated heterocycles. The largest absolute Gasteiger partial charge is 0.457 e. The van der Waals surface area contributed by atoms with Crippen LogP contribution >= 0.6 is 0 Å². The maximum absolute atomic E-state index is 8.24. The van der Waals surface area contributed by atoms with Gasteiger partial charge in [-0.1, -0.05) is 54.6 Å². The van der Waals surface area contributed by atoms with Gasteiger partial charge in [-0.15, -0.1) is 0 Å². The van der Waals surface area contributed by atoms with Gasteiger partial charge in [0.05, 0.1) is 12.2 Å². The Labute approximate surface area is 176 Å². The molecule has 0 atom stereocenters. The number of hydrogen-bond donors (Lipinski definition) is 2. The molecule has 0 fully saturated rings. The third kappa shape index (κ3) is 3.37. The number of guanidine groups is 1. The topological polar surface area (TPSA) is 62.3 Å². The van der Waals surface area contributed by atoms with Crippen molar-refractivity contribution in [2.75, 3.05) is 4.90 Å². The summed E-state index contributed by atoms with van der Waals surface area (Å²) in [7, 11) is 0. The summed E-state index contributed by atoms with van der Waals surface area (Å²) in [4.78, 5) is 1.86. The second-order valence-corrected chi connectivity index (χ2v) is 7.62. The molecule has 0 aromatic heterocycles. The van der Waals surface area contributed by atoms with E-state index in [0.29, 0.717) is 6.54 Å². The highest BCUT2D eigenvalue weighted by Gasteiger charge is 2.20. The molecule has 4 nitrogen and oxygen atoms in total. The van der Waals surface area contributed by atoms with Gasteiger partial charge in [0, 0.05) is 5.39 Å². The van der Waals surface area contributed by atoms with Gasteiger partial charge in [0.2, 0.25) is 0 Å². The molecule has 5 rings (SSSR count). The molecule has 0 unspecified atom stereocenters. The molecule has 0 aliphatic heterocycles. The lowest BCUT2D eigenvalue weighted by Crippen LogP contribution is -2.36. The number of anilines is 1. The van der Waals surface area contributed by atoms with E-state index in [-0.39, 0.29) is 5.96 Å². The van der Waals surface area contributed by atoms with Gasteiger partial charge in [0.1, 0.15) is 11.5 Å². The number of hydrogen-bond acceptors (Lipinski definition) is 2. The van der Waals surface area contributed by atoms with Crippen molar-refractivity contribution in [3.63, 3.8) is 0 Å². The van der Waals surface area contributed by atoms with Crippen molar-refractivity contribution >= 4 is 22.4 Å². The highest BCUT2D eigenvalue weighted by Crippen LogP contribution is 2.37. The molecule has 0 spiro atoms. The number of nitrogens with one attached hydrogen (secondary N) is 1. The van der Waals surface area contributed by atoms with Gasteiger partial charge in [-0.05, 0) is 65.3 Å². The molecule has 4 aromatic carbocycles. The minimum atomic E-state index is 0.0306. The molecule has 0 amide bonds. The zero-order valence-corrected chi connectivity index (χ0v) is 16.6. The van der Waals surface area contributed by atoms with E-state index in [1.54, 1.807) is 0 Å². The normalized spacial score (nSPS) is 12.1. The second kappa shape index (κ2) is 7.56. The van der Waals surface area contributed by atoms with Crippen molar-refractivity contribution in [3.8, 4) is 11.5 Å². The van der Waals surface area contributed by atoms with Crippen LogP contribution in [-0.2, 0) is 19.4 Å². The Morgan fingerprint density at radius 1 is 0.833 bits per heavy atom. The number of nitrogens with two attached hydrogens (primary N) is 1. The molecule has 1 aliphatic rings. The third-order valence-electron chi connectivity index (χ3n) is 5.65. The van der Waals surface area contributed by atoms with Crippen LogP contribution in [0.15, 0.2) is 84.9 Å². The predicted octanol–water partition coefficient (Wildman–Crippen LogP) is 5.63. The number of ether oxygens (including phenoxy) is 1. The summed E-state index contributed by atoms with van der Waals surface area (Å²) >= 11 is 0. The van der Waals surface area contributed by atoms with Crippen LogP contribution in [-0.4, -0.2) is 5.96 Å². The first kappa shape index (κ1) is 18.3. The summed E-state index contributed by atoms with van der Waals surface area (Å²) in [5.74, 6) is 1.59. The van der Waals surface area contributed by atoms with E-state index in [1.807, 2.05) is 59.5 Å². The third-order valence-corrected chi connectivity index (χ3v) is 5.65. The molecular weight excluding hydrogens is 370 g/mol. The lowest BCUT2D eigenvalue weighted by molar-refractivity contribution is 0.482. The molecule has 0 bridgehead atoms. The minimum absolute atomic E-state index is 0.0306. The predicted molar refractivity (Wildman–Crippen MR) is 122 cm³/mol. The summed E-state index contributed by atoms with van der Waals surface area (Å²) in [6.07, 6.45) is 2.16. The highest BCUT2D eigenvalue weighted by atomic mass is 16.5. The van der Waals surface area contributed by atoms with Crippen LogP contribution in [0.5, 0.6) is 11.5 Å². The Morgan fingerprint density at radius 3 is 2.37 bits per heavy atom. The fraction of sp³-hybridized carbons (Fsp3) is 0.115. The van der Waals surface area contributed by atoms with E-state index in [0.717, 1.165) is 41.0 Å². The summed E-state index contributed by atoms with van der Waals surface area (Å²) < 4.78 is 5.97. The van der Waals surface area contributed by atoms with Crippen molar-refractivity contribution in [3.05, 3.63) is 102 Å². The summed E-state index contributed by atoms with van der Waals surface area (Å²) in [6.45, 7) is 0.500. The van der Waals surface area contributed by atoms with Crippen LogP contribution in [0.1, 0.15) is 16.7 Å². The average molecular weight is 393 g/mol. The van der Waals surface area contributed by atoms with Gasteiger partial charge in [0.25, 0.3) is 0 Å². The second-order valence-electron chi connectivity index (χ2n) is 7.62. The molecule has 3 N–H and O–H groups in total. The number of benzene rings is 4. The van der Waals surface area contributed by atoms with Crippen LogP contribution in [0, 0.1) is 5.41 Å². The zero-order valence-electron chi connectivity index (χ0n) is 16.6. The molecular formula is C26H23N3O. The number of nitrogens with zero attached hydrogens (tertiary/aromatic N) is 1. The standard InChI is InChI=1S/C26H23N3O/c27-26(28)29(24-15-14-20-13-12-19-7-5-11-23(24)25(19)20)17-18-6-4-10-22(16-18)30-21-8-2-1-3-9-21/h1-11,14-16H,12-13,17H2,(H3,27,28). The Bertz CT molecular complexity index is 1220. The highest BCUT2D eigenvalue weighted by molar-refractivity contribution is 6.06. The molecule has 0 radical (unpaired) electrons. The van der Waals surface area contributed by atoms with Crippen molar-refractivity contribution in [2.45, 2.75) is 19.4 Å². The van der Waals surface area contributed by atoms with Gasteiger partial charge in [-0.25, -0.2) is 0 Å². The Hall–Kier alpha value is -3.79. The Balaban J connectivity index is 1.48. The summed E-state index contributed by atoms with van der Waals surface area (Å²) in [5, 5.41) is 10.7. The van der Waals surface area contributed by atoms with E-state index in [1.165, 1.54) is 16.5 Å². The molecule has 0 heterocycles. The number of rotatable bonds is 5. The fourth-order valence-corrected chi connectivity index (χ4v) is 4.28. The zero-order chi connectivity index (χ0) is 20.5. The van der Waals surface area contributed by atoms with E-state index >= 15 is 0 Å². The first-order chi connectivity index (χ1) is 14.7. The van der Waals surface area contributed by atoms with Crippen LogP contribution in [0.4, 0.5) is 5.69 Å². The van der Waals surface area contributed by atoms with Crippen LogP contribution in [0.25, 0.3) is 10.8 Å². The molecule has 4 aromatic rings. The van der Waals surface area contributed by atoms with Crippen LogP contribution < -0.4 is 15.4 Å². The summed E-state index contributed by atoms with van der Waals surface area (Å²) in [6, 6.07) is 28.4. The smallest absolute Gasteiger partial charge is 0.193 e. The molecule has 148 valence electrons. The Morgan fingerprint density at radius 2 is 1.57 bits per heavy atom. The monoisotopic (exact) mass is 393 g/mol. The molecule has 0 saturated carbocycles. The maximum Gasteiger partial charge on any atom is 0.193 e. The lowest BCUT2D eigenvalue weighted by atomic mass is 10.0. The van der Waals surface area contributed by atoms with Crippen LogP contribution in [0.3, 0.4) is 0 Å². The van der Waals surface area contributed by atoms with Crippen molar-refractivity contribution in [1.29, 1.82) is 5.41 Å².